The Bertz CT molecular complexity index is 1330. The molecule has 2 saturated heterocycles. The first kappa shape index (κ1) is 27.0. The van der Waals surface area contributed by atoms with Crippen molar-refractivity contribution in [1.29, 1.82) is 0 Å². The Morgan fingerprint density at radius 1 is 1.05 bits per heavy atom. The number of nitrogens with one attached hydrogen (secondary N) is 1. The SMILES string of the molecule is O=C(NC(Cc1ccc(OC2CC2)c(Cl)c1)CN1CCCC1)[C@@H]1CCN(c2cccc(-c3ccc(F)cc3)n2)C1. The lowest BCUT2D eigenvalue weighted by molar-refractivity contribution is -0.125. The van der Waals surface area contributed by atoms with Gasteiger partial charge in [0, 0.05) is 31.2 Å². The lowest BCUT2D eigenvalue weighted by atomic mass is 10.0. The van der Waals surface area contributed by atoms with E-state index in [9.17, 15) is 9.18 Å². The number of anilines is 1. The summed E-state index contributed by atoms with van der Waals surface area (Å²) in [5, 5.41) is 4.02. The second kappa shape index (κ2) is 12.1. The Morgan fingerprint density at radius 2 is 1.85 bits per heavy atom. The largest absolute Gasteiger partial charge is 0.489 e. The second-order valence-corrected chi connectivity index (χ2v) is 11.7. The average molecular weight is 563 g/mol. The predicted molar refractivity (Wildman–Crippen MR) is 156 cm³/mol. The minimum Gasteiger partial charge on any atom is -0.489 e. The van der Waals surface area contributed by atoms with E-state index in [-0.39, 0.29) is 23.7 Å². The van der Waals surface area contributed by atoms with Crippen molar-refractivity contribution < 1.29 is 13.9 Å². The molecule has 1 saturated carbocycles. The van der Waals surface area contributed by atoms with Crippen molar-refractivity contribution in [2.45, 2.75) is 50.7 Å². The number of pyridine rings is 1. The van der Waals surface area contributed by atoms with Crippen molar-refractivity contribution >= 4 is 23.3 Å². The number of hydrogen-bond acceptors (Lipinski definition) is 5. The van der Waals surface area contributed by atoms with Crippen molar-refractivity contribution in [2.24, 2.45) is 5.92 Å². The van der Waals surface area contributed by atoms with E-state index >= 15 is 0 Å². The third kappa shape index (κ3) is 6.76. The van der Waals surface area contributed by atoms with Gasteiger partial charge in [-0.05, 0) is 106 Å². The summed E-state index contributed by atoms with van der Waals surface area (Å²) in [7, 11) is 0. The van der Waals surface area contributed by atoms with Crippen LogP contribution in [0.3, 0.4) is 0 Å². The molecule has 0 spiro atoms. The number of hydrogen-bond donors (Lipinski definition) is 1. The fraction of sp³-hybridized carbons (Fsp3) is 0.438. The highest BCUT2D eigenvalue weighted by Gasteiger charge is 2.31. The van der Waals surface area contributed by atoms with Crippen LogP contribution in [-0.4, -0.2) is 60.7 Å². The number of aromatic nitrogens is 1. The first-order valence-electron chi connectivity index (χ1n) is 14.5. The summed E-state index contributed by atoms with van der Waals surface area (Å²) in [5.74, 6) is 1.32. The van der Waals surface area contributed by atoms with Crippen LogP contribution in [-0.2, 0) is 11.2 Å². The van der Waals surface area contributed by atoms with Crippen LogP contribution < -0.4 is 15.0 Å². The van der Waals surface area contributed by atoms with Gasteiger partial charge in [-0.2, -0.15) is 0 Å². The topological polar surface area (TPSA) is 57.7 Å². The van der Waals surface area contributed by atoms with E-state index in [0.29, 0.717) is 17.7 Å². The third-order valence-corrected chi connectivity index (χ3v) is 8.37. The van der Waals surface area contributed by atoms with Crippen molar-refractivity contribution in [3.8, 4) is 17.0 Å². The highest BCUT2D eigenvalue weighted by Crippen LogP contribution is 2.33. The number of halogens is 2. The number of rotatable bonds is 10. The second-order valence-electron chi connectivity index (χ2n) is 11.3. The summed E-state index contributed by atoms with van der Waals surface area (Å²) in [4.78, 5) is 22.9. The molecular weight excluding hydrogens is 527 g/mol. The molecule has 2 aliphatic heterocycles. The molecule has 3 heterocycles. The van der Waals surface area contributed by atoms with E-state index in [1.807, 2.05) is 30.3 Å². The van der Waals surface area contributed by atoms with Gasteiger partial charge >= 0.3 is 0 Å². The van der Waals surface area contributed by atoms with Crippen LogP contribution in [0.4, 0.5) is 10.2 Å². The molecule has 2 atom stereocenters. The lowest BCUT2D eigenvalue weighted by Gasteiger charge is -2.26. The van der Waals surface area contributed by atoms with Crippen LogP contribution in [0.25, 0.3) is 11.3 Å². The van der Waals surface area contributed by atoms with Gasteiger partial charge in [0.25, 0.3) is 0 Å². The Kier molecular flexibility index (Phi) is 8.21. The molecule has 8 heteroatoms. The Labute approximate surface area is 240 Å². The van der Waals surface area contributed by atoms with Crippen molar-refractivity contribution in [3.05, 3.63) is 77.1 Å². The molecule has 1 unspecified atom stereocenters. The zero-order chi connectivity index (χ0) is 27.5. The van der Waals surface area contributed by atoms with Gasteiger partial charge in [-0.1, -0.05) is 23.7 Å². The molecule has 3 aliphatic rings. The first-order valence-corrected chi connectivity index (χ1v) is 14.8. The predicted octanol–water partition coefficient (Wildman–Crippen LogP) is 5.73. The fourth-order valence-corrected chi connectivity index (χ4v) is 5.98. The molecule has 1 N–H and O–H groups in total. The van der Waals surface area contributed by atoms with E-state index < -0.39 is 0 Å². The normalized spacial score (nSPS) is 20.1. The van der Waals surface area contributed by atoms with Crippen LogP contribution in [0.5, 0.6) is 5.75 Å². The molecule has 1 aliphatic carbocycles. The van der Waals surface area contributed by atoms with Crippen LogP contribution in [0.2, 0.25) is 5.02 Å². The monoisotopic (exact) mass is 562 g/mol. The molecule has 1 aromatic heterocycles. The number of benzene rings is 2. The molecular formula is C32H36ClFN4O2. The van der Waals surface area contributed by atoms with Gasteiger partial charge in [-0.15, -0.1) is 0 Å². The van der Waals surface area contributed by atoms with Gasteiger partial charge in [-0.25, -0.2) is 9.37 Å². The van der Waals surface area contributed by atoms with Crippen molar-refractivity contribution in [3.63, 3.8) is 0 Å². The van der Waals surface area contributed by atoms with E-state index in [1.165, 1.54) is 25.0 Å². The van der Waals surface area contributed by atoms with Gasteiger partial charge in [0.05, 0.1) is 22.7 Å². The summed E-state index contributed by atoms with van der Waals surface area (Å²) in [6.07, 6.45) is 6.42. The van der Waals surface area contributed by atoms with Crippen LogP contribution >= 0.6 is 11.6 Å². The molecule has 210 valence electrons. The van der Waals surface area contributed by atoms with E-state index in [4.69, 9.17) is 21.3 Å². The summed E-state index contributed by atoms with van der Waals surface area (Å²) in [6.45, 7) is 4.39. The maximum Gasteiger partial charge on any atom is 0.225 e. The zero-order valence-electron chi connectivity index (χ0n) is 22.7. The molecule has 3 aromatic rings. The molecule has 0 bridgehead atoms. The minimum atomic E-state index is -0.265. The zero-order valence-corrected chi connectivity index (χ0v) is 23.5. The fourth-order valence-electron chi connectivity index (χ4n) is 5.74. The van der Waals surface area contributed by atoms with Gasteiger partial charge in [0.1, 0.15) is 17.4 Å². The number of nitrogens with zero attached hydrogens (tertiary/aromatic N) is 3. The van der Waals surface area contributed by atoms with Gasteiger partial charge in [0.2, 0.25) is 5.91 Å². The summed E-state index contributed by atoms with van der Waals surface area (Å²) >= 11 is 6.54. The molecule has 0 radical (unpaired) electrons. The number of amides is 1. The maximum absolute atomic E-state index is 13.5. The standard InChI is InChI=1S/C32H36ClFN4O2/c33-28-19-22(6-13-30(28)40-27-11-12-27)18-26(21-37-15-1-2-16-37)35-32(39)24-14-17-38(20-24)31-5-3-4-29(36-31)23-7-9-25(34)10-8-23/h3-10,13,19,24,26-27H,1-2,11-12,14-18,20-21H2,(H,35,39)/t24-,26?/m1/s1. The average Bonchev–Trinajstić information content (AvgIpc) is 3.39. The Hall–Kier alpha value is -3.16. The van der Waals surface area contributed by atoms with E-state index in [0.717, 1.165) is 80.3 Å². The lowest BCUT2D eigenvalue weighted by Crippen LogP contribution is -2.46. The van der Waals surface area contributed by atoms with Crippen LogP contribution in [0.1, 0.15) is 37.7 Å². The summed E-state index contributed by atoms with van der Waals surface area (Å²) in [5.41, 5.74) is 2.77. The van der Waals surface area contributed by atoms with Gasteiger partial charge in [0.15, 0.2) is 0 Å². The number of ether oxygens (including phenoxy) is 1. The summed E-state index contributed by atoms with van der Waals surface area (Å²) < 4.78 is 19.3. The smallest absolute Gasteiger partial charge is 0.225 e. The summed E-state index contributed by atoms with van der Waals surface area (Å²) in [6, 6.07) is 18.3. The maximum atomic E-state index is 13.5. The molecule has 6 nitrogen and oxygen atoms in total. The van der Waals surface area contributed by atoms with E-state index in [1.54, 1.807) is 12.1 Å². The third-order valence-electron chi connectivity index (χ3n) is 8.08. The number of likely N-dealkylation sites (tertiary alicyclic amines) is 1. The number of carbonyl (C=O) groups is 1. The first-order chi connectivity index (χ1) is 19.5. The van der Waals surface area contributed by atoms with Crippen molar-refractivity contribution in [2.75, 3.05) is 37.6 Å². The Balaban J connectivity index is 1.10. The quantitative estimate of drug-likeness (QED) is 0.342. The highest BCUT2D eigenvalue weighted by molar-refractivity contribution is 6.32. The highest BCUT2D eigenvalue weighted by atomic mass is 35.5. The van der Waals surface area contributed by atoms with Crippen molar-refractivity contribution in [1.82, 2.24) is 15.2 Å². The van der Waals surface area contributed by atoms with Crippen LogP contribution in [0, 0.1) is 11.7 Å². The van der Waals surface area contributed by atoms with Gasteiger partial charge in [-0.3, -0.25) is 4.79 Å². The minimum absolute atomic E-state index is 0.00541. The Morgan fingerprint density at radius 3 is 2.60 bits per heavy atom. The van der Waals surface area contributed by atoms with Crippen LogP contribution in [0.15, 0.2) is 60.7 Å². The molecule has 6 rings (SSSR count). The van der Waals surface area contributed by atoms with Gasteiger partial charge < -0.3 is 19.9 Å². The number of carbonyl (C=O) groups excluding carboxylic acids is 1. The molecule has 2 aromatic carbocycles. The molecule has 3 fully saturated rings. The molecule has 1 amide bonds. The van der Waals surface area contributed by atoms with E-state index in [2.05, 4.69) is 21.2 Å². The molecule has 40 heavy (non-hydrogen) atoms.